The van der Waals surface area contributed by atoms with Crippen LogP contribution in [-0.2, 0) is 0 Å². The summed E-state index contributed by atoms with van der Waals surface area (Å²) in [5.74, 6) is 0.0519. The lowest BCUT2D eigenvalue weighted by atomic mass is 10.2. The summed E-state index contributed by atoms with van der Waals surface area (Å²) in [7, 11) is 0. The fraction of sp³-hybridized carbons (Fsp3) is 0.435. The molecule has 0 N–H and O–H groups in total. The summed E-state index contributed by atoms with van der Waals surface area (Å²) in [6.07, 6.45) is 1.91. The number of nitrogens with zero attached hydrogens (tertiary/aromatic N) is 7. The van der Waals surface area contributed by atoms with Crippen LogP contribution in [-0.4, -0.2) is 89.4 Å². The maximum absolute atomic E-state index is 13.3. The number of carbonyl (C=O) groups is 1. The lowest BCUT2D eigenvalue weighted by Gasteiger charge is -2.36. The van der Waals surface area contributed by atoms with E-state index in [0.29, 0.717) is 18.8 Å². The summed E-state index contributed by atoms with van der Waals surface area (Å²) in [5.41, 5.74) is 1.86. The quantitative estimate of drug-likeness (QED) is 0.594. The molecule has 2 fully saturated rings. The smallest absolute Gasteiger partial charge is 0.271 e. The van der Waals surface area contributed by atoms with Crippen molar-refractivity contribution < 1.29 is 4.79 Å². The number of aromatic nitrogens is 3. The van der Waals surface area contributed by atoms with Gasteiger partial charge < -0.3 is 19.6 Å². The van der Waals surface area contributed by atoms with Gasteiger partial charge in [0.25, 0.3) is 5.91 Å². The van der Waals surface area contributed by atoms with Gasteiger partial charge in [0.15, 0.2) is 0 Å². The van der Waals surface area contributed by atoms with E-state index in [4.69, 9.17) is 0 Å². The first kappa shape index (κ1) is 21.0. The van der Waals surface area contributed by atoms with E-state index in [9.17, 15) is 4.79 Å². The van der Waals surface area contributed by atoms with Crippen LogP contribution in [0.25, 0.3) is 5.13 Å². The minimum Gasteiger partial charge on any atom is -0.368 e. The van der Waals surface area contributed by atoms with Crippen molar-refractivity contribution in [2.75, 3.05) is 68.7 Å². The van der Waals surface area contributed by atoms with Crippen molar-refractivity contribution in [3.05, 3.63) is 54.4 Å². The van der Waals surface area contributed by atoms with Crippen LogP contribution in [0.3, 0.4) is 0 Å². The number of hydrogen-bond donors (Lipinski definition) is 0. The Morgan fingerprint density at radius 3 is 2.25 bits per heavy atom. The van der Waals surface area contributed by atoms with Crippen LogP contribution in [0.4, 0.5) is 10.8 Å². The molecule has 9 heteroatoms. The number of rotatable bonds is 5. The molecule has 3 aromatic rings. The zero-order valence-corrected chi connectivity index (χ0v) is 19.2. The monoisotopic (exact) mass is 451 g/mol. The van der Waals surface area contributed by atoms with E-state index in [1.807, 2.05) is 33.9 Å². The fourth-order valence-corrected chi connectivity index (χ4v) is 5.27. The summed E-state index contributed by atoms with van der Waals surface area (Å²) in [6.45, 7) is 10.4. The van der Waals surface area contributed by atoms with Crippen molar-refractivity contribution in [2.24, 2.45) is 0 Å². The Morgan fingerprint density at radius 1 is 0.844 bits per heavy atom. The average Bonchev–Trinajstić information content (AvgIpc) is 3.54. The Hall–Kier alpha value is -2.91. The maximum Gasteiger partial charge on any atom is 0.271 e. The molecular formula is C23H29N7OS. The van der Waals surface area contributed by atoms with Gasteiger partial charge in [0, 0.05) is 64.2 Å². The first-order valence-corrected chi connectivity index (χ1v) is 12.1. The Kier molecular flexibility index (Phi) is 6.09. The average molecular weight is 452 g/mol. The van der Waals surface area contributed by atoms with Gasteiger partial charge in [0.2, 0.25) is 10.3 Å². The number of likely N-dealkylation sites (N-methyl/N-ethyl adjacent to an activating group) is 1. The van der Waals surface area contributed by atoms with Gasteiger partial charge in [0.05, 0.1) is 0 Å². The van der Waals surface area contributed by atoms with Gasteiger partial charge in [-0.25, -0.2) is 0 Å². The third-order valence-corrected chi connectivity index (χ3v) is 7.34. The minimum absolute atomic E-state index is 0.0519. The molecule has 2 aromatic heterocycles. The van der Waals surface area contributed by atoms with Gasteiger partial charge in [0.1, 0.15) is 5.69 Å². The molecule has 2 aliphatic rings. The Labute approximate surface area is 192 Å². The molecule has 4 heterocycles. The molecule has 2 aliphatic heterocycles. The molecule has 0 radical (unpaired) electrons. The molecule has 0 unspecified atom stereocenters. The van der Waals surface area contributed by atoms with E-state index in [-0.39, 0.29) is 5.91 Å². The predicted octanol–water partition coefficient (Wildman–Crippen LogP) is 2.43. The summed E-state index contributed by atoms with van der Waals surface area (Å²) in [4.78, 5) is 22.3. The zero-order valence-electron chi connectivity index (χ0n) is 18.4. The topological polar surface area (TPSA) is 60.7 Å². The number of amides is 1. The zero-order chi connectivity index (χ0) is 21.9. The van der Waals surface area contributed by atoms with Gasteiger partial charge in [-0.15, -0.1) is 10.2 Å². The predicted molar refractivity (Wildman–Crippen MR) is 128 cm³/mol. The van der Waals surface area contributed by atoms with Crippen LogP contribution in [0.15, 0.2) is 48.7 Å². The highest BCUT2D eigenvalue weighted by Gasteiger charge is 2.26. The molecule has 0 bridgehead atoms. The van der Waals surface area contributed by atoms with Crippen molar-refractivity contribution in [1.82, 2.24) is 24.6 Å². The molecule has 1 aromatic carbocycles. The molecule has 5 rings (SSSR count). The van der Waals surface area contributed by atoms with Gasteiger partial charge >= 0.3 is 0 Å². The SMILES string of the molecule is CCN1CCN(c2nnc(-n3cccc3C(=O)N3CCN(c4ccccc4)CC3)s2)CC1. The molecule has 32 heavy (non-hydrogen) atoms. The molecule has 0 aliphatic carbocycles. The summed E-state index contributed by atoms with van der Waals surface area (Å²) < 4.78 is 1.88. The van der Waals surface area contributed by atoms with Crippen molar-refractivity contribution >= 4 is 28.1 Å². The van der Waals surface area contributed by atoms with Crippen LogP contribution in [0.1, 0.15) is 17.4 Å². The number of hydrogen-bond acceptors (Lipinski definition) is 7. The molecule has 0 saturated carbocycles. The van der Waals surface area contributed by atoms with E-state index >= 15 is 0 Å². The third-order valence-electron chi connectivity index (χ3n) is 6.36. The molecule has 168 valence electrons. The van der Waals surface area contributed by atoms with Crippen molar-refractivity contribution in [1.29, 1.82) is 0 Å². The summed E-state index contributed by atoms with van der Waals surface area (Å²) >= 11 is 1.55. The van der Waals surface area contributed by atoms with Crippen LogP contribution in [0.2, 0.25) is 0 Å². The minimum atomic E-state index is 0.0519. The normalized spacial score (nSPS) is 17.7. The van der Waals surface area contributed by atoms with Gasteiger partial charge in [-0.3, -0.25) is 9.36 Å². The second kappa shape index (κ2) is 9.30. The Morgan fingerprint density at radius 2 is 1.53 bits per heavy atom. The van der Waals surface area contributed by atoms with Crippen molar-refractivity contribution in [2.45, 2.75) is 6.92 Å². The van der Waals surface area contributed by atoms with E-state index in [1.165, 1.54) is 5.69 Å². The van der Waals surface area contributed by atoms with Gasteiger partial charge in [-0.1, -0.05) is 36.5 Å². The molecule has 0 atom stereocenters. The van der Waals surface area contributed by atoms with Gasteiger partial charge in [-0.05, 0) is 30.8 Å². The second-order valence-electron chi connectivity index (χ2n) is 8.17. The molecule has 2 saturated heterocycles. The first-order chi connectivity index (χ1) is 15.7. The summed E-state index contributed by atoms with van der Waals surface area (Å²) in [6, 6.07) is 14.2. The van der Waals surface area contributed by atoms with Crippen LogP contribution in [0.5, 0.6) is 0 Å². The lowest BCUT2D eigenvalue weighted by Crippen LogP contribution is -2.49. The van der Waals surface area contributed by atoms with Crippen molar-refractivity contribution in [3.63, 3.8) is 0 Å². The number of carbonyl (C=O) groups excluding carboxylic acids is 1. The van der Waals surface area contributed by atoms with E-state index in [0.717, 1.165) is 56.1 Å². The second-order valence-corrected chi connectivity index (χ2v) is 9.10. The number of piperazine rings is 2. The fourth-order valence-electron chi connectivity index (χ4n) is 4.38. The molecule has 8 nitrogen and oxygen atoms in total. The Bertz CT molecular complexity index is 1030. The molecular weight excluding hydrogens is 422 g/mol. The van der Waals surface area contributed by atoms with Crippen molar-refractivity contribution in [3.8, 4) is 5.13 Å². The highest BCUT2D eigenvalue weighted by Crippen LogP contribution is 2.26. The standard InChI is InChI=1S/C23H29N7OS/c1-2-26-11-13-29(14-12-26)22-24-25-23(32-22)30-10-6-9-20(30)21(31)28-17-15-27(16-18-28)19-7-4-3-5-8-19/h3-10H,2,11-18H2,1H3. The highest BCUT2D eigenvalue weighted by atomic mass is 32.1. The largest absolute Gasteiger partial charge is 0.368 e. The van der Waals surface area contributed by atoms with E-state index in [2.05, 4.69) is 56.1 Å². The lowest BCUT2D eigenvalue weighted by molar-refractivity contribution is 0.0738. The number of anilines is 2. The van der Waals surface area contributed by atoms with Crippen LogP contribution in [0, 0.1) is 0 Å². The molecule has 0 spiro atoms. The highest BCUT2D eigenvalue weighted by molar-refractivity contribution is 7.17. The van der Waals surface area contributed by atoms with Crippen LogP contribution >= 0.6 is 11.3 Å². The van der Waals surface area contributed by atoms with E-state index in [1.54, 1.807) is 11.3 Å². The molecule has 1 amide bonds. The Balaban J connectivity index is 1.25. The van der Waals surface area contributed by atoms with Crippen LogP contribution < -0.4 is 9.80 Å². The number of para-hydroxylation sites is 1. The maximum atomic E-state index is 13.3. The summed E-state index contributed by atoms with van der Waals surface area (Å²) in [5, 5.41) is 10.5. The van der Waals surface area contributed by atoms with E-state index < -0.39 is 0 Å². The van der Waals surface area contributed by atoms with Gasteiger partial charge in [-0.2, -0.15) is 0 Å². The first-order valence-electron chi connectivity index (χ1n) is 11.3. The third kappa shape index (κ3) is 4.22. The number of benzene rings is 1.